The van der Waals surface area contributed by atoms with Crippen LogP contribution in [0.25, 0.3) is 0 Å². The maximum absolute atomic E-state index is 12.5. The fourth-order valence-corrected chi connectivity index (χ4v) is 1.84. The second-order valence-electron chi connectivity index (χ2n) is 2.45. The maximum Gasteiger partial charge on any atom is 0.267 e. The van der Waals surface area contributed by atoms with Crippen LogP contribution < -0.4 is 0 Å². The molecule has 2 nitrogen and oxygen atoms in total. The van der Waals surface area contributed by atoms with E-state index in [9.17, 15) is 13.6 Å². The number of aldehydes is 1. The highest BCUT2D eigenvalue weighted by atomic mass is 79.9. The summed E-state index contributed by atoms with van der Waals surface area (Å²) in [5.74, 6) is 0. The summed E-state index contributed by atoms with van der Waals surface area (Å²) in [4.78, 5) is 14.0. The van der Waals surface area contributed by atoms with Gasteiger partial charge in [-0.25, -0.2) is 8.78 Å². The van der Waals surface area contributed by atoms with Crippen molar-refractivity contribution in [3.8, 4) is 0 Å². The maximum atomic E-state index is 12.5. The van der Waals surface area contributed by atoms with Crippen LogP contribution in [0.4, 0.5) is 8.78 Å². The Morgan fingerprint density at radius 3 is 2.71 bits per heavy atom. The number of carbonyl (C=O) groups is 1. The molecular formula is C8H5BrClF2NO. The molecule has 0 saturated carbocycles. The molecule has 0 aromatic carbocycles. The molecule has 0 fully saturated rings. The molecule has 1 rings (SSSR count). The second kappa shape index (κ2) is 4.79. The summed E-state index contributed by atoms with van der Waals surface area (Å²) in [6.07, 6.45) is -1.23. The van der Waals surface area contributed by atoms with Gasteiger partial charge in [-0.3, -0.25) is 9.78 Å². The molecule has 0 spiro atoms. The van der Waals surface area contributed by atoms with Gasteiger partial charge in [0.1, 0.15) is 5.69 Å². The van der Waals surface area contributed by atoms with Gasteiger partial charge in [0.2, 0.25) is 0 Å². The van der Waals surface area contributed by atoms with Crippen molar-refractivity contribution in [2.45, 2.75) is 11.8 Å². The number of alkyl halides is 3. The first-order chi connectivity index (χ1) is 6.61. The molecule has 0 radical (unpaired) electrons. The average Bonchev–Trinajstić information content (AvgIpc) is 2.16. The van der Waals surface area contributed by atoms with Gasteiger partial charge >= 0.3 is 0 Å². The van der Waals surface area contributed by atoms with E-state index in [4.69, 9.17) is 11.6 Å². The van der Waals surface area contributed by atoms with Crippen molar-refractivity contribution in [2.75, 3.05) is 0 Å². The molecule has 0 aliphatic carbocycles. The minimum Gasteiger partial charge on any atom is -0.296 e. The molecule has 0 aliphatic rings. The molecule has 0 unspecified atom stereocenters. The largest absolute Gasteiger partial charge is 0.296 e. The third-order valence-electron chi connectivity index (χ3n) is 1.63. The first kappa shape index (κ1) is 11.5. The van der Waals surface area contributed by atoms with Gasteiger partial charge in [0.25, 0.3) is 6.43 Å². The third kappa shape index (κ3) is 2.09. The fraction of sp³-hybridized carbons (Fsp3) is 0.250. The minimum absolute atomic E-state index is 0.103. The number of nitrogens with zero attached hydrogens (tertiary/aromatic N) is 1. The lowest BCUT2D eigenvalue weighted by Gasteiger charge is -2.08. The summed E-state index contributed by atoms with van der Waals surface area (Å²) in [5.41, 5.74) is -0.374. The van der Waals surface area contributed by atoms with Crippen LogP contribution in [-0.2, 0) is 5.33 Å². The van der Waals surface area contributed by atoms with Crippen molar-refractivity contribution in [1.82, 2.24) is 4.98 Å². The summed E-state index contributed by atoms with van der Waals surface area (Å²) in [6, 6.07) is 0. The highest BCUT2D eigenvalue weighted by molar-refractivity contribution is 9.08. The average molecular weight is 284 g/mol. The van der Waals surface area contributed by atoms with Crippen LogP contribution in [0.15, 0.2) is 6.20 Å². The zero-order valence-electron chi connectivity index (χ0n) is 6.81. The van der Waals surface area contributed by atoms with Crippen molar-refractivity contribution in [3.05, 3.63) is 28.0 Å². The summed E-state index contributed by atoms with van der Waals surface area (Å²) in [6.45, 7) is 0. The molecule has 1 aromatic heterocycles. The van der Waals surface area contributed by atoms with E-state index in [0.29, 0.717) is 10.9 Å². The van der Waals surface area contributed by atoms with E-state index in [1.54, 1.807) is 0 Å². The van der Waals surface area contributed by atoms with E-state index in [1.807, 2.05) is 0 Å². The van der Waals surface area contributed by atoms with E-state index < -0.39 is 12.0 Å². The number of hydrogen-bond donors (Lipinski definition) is 0. The van der Waals surface area contributed by atoms with Crippen LogP contribution in [-0.4, -0.2) is 11.3 Å². The van der Waals surface area contributed by atoms with Crippen molar-refractivity contribution >= 4 is 33.8 Å². The van der Waals surface area contributed by atoms with E-state index in [0.717, 1.165) is 0 Å². The van der Waals surface area contributed by atoms with Crippen LogP contribution in [0.2, 0.25) is 5.02 Å². The Labute approximate surface area is 92.4 Å². The number of rotatable bonds is 3. The topological polar surface area (TPSA) is 30.0 Å². The number of pyridine rings is 1. The number of carbonyl (C=O) groups excluding carboxylic acids is 1. The molecule has 0 bridgehead atoms. The predicted molar refractivity (Wildman–Crippen MR) is 52.2 cm³/mol. The van der Waals surface area contributed by atoms with Gasteiger partial charge in [0.05, 0.1) is 10.6 Å². The third-order valence-corrected chi connectivity index (χ3v) is 2.68. The van der Waals surface area contributed by atoms with Crippen molar-refractivity contribution in [1.29, 1.82) is 0 Å². The number of aromatic nitrogens is 1. The molecule has 0 saturated heterocycles. The van der Waals surface area contributed by atoms with E-state index in [-0.39, 0.29) is 17.0 Å². The zero-order valence-corrected chi connectivity index (χ0v) is 9.15. The lowest BCUT2D eigenvalue weighted by molar-refractivity contribution is 0.110. The summed E-state index contributed by atoms with van der Waals surface area (Å²) >= 11 is 8.76. The van der Waals surface area contributed by atoms with Gasteiger partial charge in [0.15, 0.2) is 6.29 Å². The molecule has 0 N–H and O–H groups in total. The van der Waals surface area contributed by atoms with Gasteiger partial charge in [-0.15, -0.1) is 0 Å². The highest BCUT2D eigenvalue weighted by Gasteiger charge is 2.20. The van der Waals surface area contributed by atoms with E-state index >= 15 is 0 Å². The Balaban J connectivity index is 3.38. The standard InChI is InChI=1S/C8H5BrClF2NO/c9-1-4-2-13-5(3-14)6(7(4)10)8(11)12/h2-3,8H,1H2. The molecular weight excluding hydrogens is 279 g/mol. The van der Waals surface area contributed by atoms with Crippen LogP contribution in [0.1, 0.15) is 28.0 Å². The molecule has 14 heavy (non-hydrogen) atoms. The Kier molecular flexibility index (Phi) is 3.95. The predicted octanol–water partition coefficient (Wildman–Crippen LogP) is 3.38. The molecule has 6 heteroatoms. The lowest BCUT2D eigenvalue weighted by atomic mass is 10.1. The van der Waals surface area contributed by atoms with Gasteiger partial charge < -0.3 is 0 Å². The van der Waals surface area contributed by atoms with Gasteiger partial charge in [0, 0.05) is 17.1 Å². The fourth-order valence-electron chi connectivity index (χ4n) is 0.954. The first-order valence-electron chi connectivity index (χ1n) is 3.58. The first-order valence-corrected chi connectivity index (χ1v) is 5.08. The molecule has 0 amide bonds. The summed E-state index contributed by atoms with van der Waals surface area (Å²) in [7, 11) is 0. The van der Waals surface area contributed by atoms with Crippen molar-refractivity contribution in [2.24, 2.45) is 0 Å². The monoisotopic (exact) mass is 283 g/mol. The number of halogens is 4. The molecule has 1 heterocycles. The highest BCUT2D eigenvalue weighted by Crippen LogP contribution is 2.31. The van der Waals surface area contributed by atoms with Crippen molar-refractivity contribution in [3.63, 3.8) is 0 Å². The Bertz CT molecular complexity index is 359. The minimum atomic E-state index is -2.80. The van der Waals surface area contributed by atoms with E-state index in [2.05, 4.69) is 20.9 Å². The van der Waals surface area contributed by atoms with Crippen LogP contribution in [0.5, 0.6) is 0 Å². The van der Waals surface area contributed by atoms with Gasteiger partial charge in [-0.05, 0) is 0 Å². The number of hydrogen-bond acceptors (Lipinski definition) is 2. The van der Waals surface area contributed by atoms with Crippen molar-refractivity contribution < 1.29 is 13.6 Å². The van der Waals surface area contributed by atoms with Crippen LogP contribution >= 0.6 is 27.5 Å². The van der Waals surface area contributed by atoms with Gasteiger partial charge in [-0.1, -0.05) is 27.5 Å². The SMILES string of the molecule is O=Cc1ncc(CBr)c(Cl)c1C(F)F. The van der Waals surface area contributed by atoms with E-state index in [1.165, 1.54) is 6.20 Å². The molecule has 0 aliphatic heterocycles. The normalized spacial score (nSPS) is 10.6. The Hall–Kier alpha value is -0.550. The zero-order chi connectivity index (χ0) is 10.7. The summed E-state index contributed by atoms with van der Waals surface area (Å²) < 4.78 is 25.0. The second-order valence-corrected chi connectivity index (χ2v) is 3.39. The smallest absolute Gasteiger partial charge is 0.267 e. The Morgan fingerprint density at radius 1 is 1.64 bits per heavy atom. The molecule has 76 valence electrons. The molecule has 1 aromatic rings. The van der Waals surface area contributed by atoms with Gasteiger partial charge in [-0.2, -0.15) is 0 Å². The lowest BCUT2D eigenvalue weighted by Crippen LogP contribution is -2.00. The van der Waals surface area contributed by atoms with Crippen LogP contribution in [0.3, 0.4) is 0 Å². The Morgan fingerprint density at radius 2 is 2.29 bits per heavy atom. The summed E-state index contributed by atoms with van der Waals surface area (Å²) in [5, 5.41) is 0.214. The molecule has 0 atom stereocenters. The quantitative estimate of drug-likeness (QED) is 0.629. The van der Waals surface area contributed by atoms with Crippen LogP contribution in [0, 0.1) is 0 Å².